The van der Waals surface area contributed by atoms with Gasteiger partial charge >= 0.3 is 0 Å². The Balaban J connectivity index is 1.57. The summed E-state index contributed by atoms with van der Waals surface area (Å²) in [5, 5.41) is 22.0. The molecular weight excluding hydrogens is 408 g/mol. The van der Waals surface area contributed by atoms with Crippen LogP contribution in [0.25, 0.3) is 0 Å². The lowest BCUT2D eigenvalue weighted by Crippen LogP contribution is -2.70. The first-order valence-electron chi connectivity index (χ1n) is 14.0. The van der Waals surface area contributed by atoms with Gasteiger partial charge in [0.1, 0.15) is 5.78 Å². The van der Waals surface area contributed by atoms with E-state index in [2.05, 4.69) is 48.5 Å². The van der Waals surface area contributed by atoms with Crippen molar-refractivity contribution in [2.45, 2.75) is 119 Å². The number of carbonyl (C=O) groups excluding carboxylic acids is 1. The van der Waals surface area contributed by atoms with E-state index in [0.717, 1.165) is 44.9 Å². The molecule has 188 valence electrons. The molecule has 5 saturated carbocycles. The second kappa shape index (κ2) is 7.09. The molecular formula is C30H50O3. The zero-order chi connectivity index (χ0) is 24.2. The van der Waals surface area contributed by atoms with Crippen LogP contribution in [0.15, 0.2) is 0 Å². The van der Waals surface area contributed by atoms with Crippen LogP contribution in [0.5, 0.6) is 0 Å². The number of aliphatic hydroxyl groups is 2. The van der Waals surface area contributed by atoms with Crippen molar-refractivity contribution in [2.24, 2.45) is 56.2 Å². The van der Waals surface area contributed by atoms with Crippen molar-refractivity contribution in [3.63, 3.8) is 0 Å². The average Bonchev–Trinajstić information content (AvgIpc) is 2.76. The minimum Gasteiger partial charge on any atom is -0.396 e. The summed E-state index contributed by atoms with van der Waals surface area (Å²) < 4.78 is 0. The molecule has 0 aromatic heterocycles. The zero-order valence-electron chi connectivity index (χ0n) is 22.5. The minimum atomic E-state index is -0.258. The van der Waals surface area contributed by atoms with E-state index in [1.54, 1.807) is 0 Å². The summed E-state index contributed by atoms with van der Waals surface area (Å²) in [5.41, 5.74) is 0.614. The van der Waals surface area contributed by atoms with Crippen molar-refractivity contribution < 1.29 is 15.0 Å². The Labute approximate surface area is 202 Å². The largest absolute Gasteiger partial charge is 0.396 e. The molecule has 0 amide bonds. The monoisotopic (exact) mass is 458 g/mol. The minimum absolute atomic E-state index is 0.0177. The molecule has 0 aliphatic heterocycles. The Hall–Kier alpha value is -0.410. The van der Waals surface area contributed by atoms with Gasteiger partial charge < -0.3 is 10.2 Å². The Morgan fingerprint density at radius 1 is 0.758 bits per heavy atom. The van der Waals surface area contributed by atoms with E-state index in [9.17, 15) is 15.0 Å². The molecule has 5 aliphatic carbocycles. The average molecular weight is 459 g/mol. The van der Waals surface area contributed by atoms with Gasteiger partial charge in [0, 0.05) is 18.9 Å². The van der Waals surface area contributed by atoms with Gasteiger partial charge in [0.25, 0.3) is 0 Å². The molecule has 0 aromatic carbocycles. The number of rotatable bonds is 1. The standard InChI is InChI=1S/C30H50O3/c1-19-20(32)8-9-21-26(19,3)11-10-22-27(21,4)14-15-29(6)23-16-25(2,18-31)12-13-28(23,5)24(33)17-30(22,29)7/h19,21-24,31,33H,8-18H2,1-7H3. The highest BCUT2D eigenvalue weighted by atomic mass is 16.3. The summed E-state index contributed by atoms with van der Waals surface area (Å²) in [6.45, 7) is 17.2. The fourth-order valence-electron chi connectivity index (χ4n) is 11.3. The number of aliphatic hydroxyl groups excluding tert-OH is 2. The van der Waals surface area contributed by atoms with E-state index in [1.807, 2.05) is 0 Å². The maximum atomic E-state index is 12.7. The van der Waals surface area contributed by atoms with Crippen LogP contribution in [0.1, 0.15) is 113 Å². The molecule has 5 fully saturated rings. The van der Waals surface area contributed by atoms with Gasteiger partial charge in [-0.25, -0.2) is 0 Å². The Morgan fingerprint density at radius 2 is 1.42 bits per heavy atom. The number of Topliss-reactive ketones (excluding diaryl/α,β-unsaturated/α-hetero) is 1. The highest BCUT2D eigenvalue weighted by Crippen LogP contribution is 2.78. The van der Waals surface area contributed by atoms with Crippen LogP contribution in [-0.4, -0.2) is 28.7 Å². The summed E-state index contributed by atoms with van der Waals surface area (Å²) in [5.74, 6) is 2.33. The van der Waals surface area contributed by atoms with Gasteiger partial charge in [-0.2, -0.15) is 0 Å². The van der Waals surface area contributed by atoms with Crippen LogP contribution in [0.2, 0.25) is 0 Å². The highest BCUT2D eigenvalue weighted by Gasteiger charge is 2.72. The topological polar surface area (TPSA) is 57.5 Å². The third kappa shape index (κ3) is 2.85. The van der Waals surface area contributed by atoms with Gasteiger partial charge in [0.2, 0.25) is 0 Å². The molecule has 2 N–H and O–H groups in total. The maximum Gasteiger partial charge on any atom is 0.136 e. The van der Waals surface area contributed by atoms with Crippen molar-refractivity contribution in [1.29, 1.82) is 0 Å². The van der Waals surface area contributed by atoms with E-state index in [1.165, 1.54) is 19.3 Å². The quantitative estimate of drug-likeness (QED) is 0.478. The summed E-state index contributed by atoms with van der Waals surface area (Å²) in [7, 11) is 0. The van der Waals surface area contributed by atoms with Gasteiger partial charge in [0.05, 0.1) is 6.10 Å². The lowest BCUT2D eigenvalue weighted by molar-refractivity contribution is -0.282. The molecule has 33 heavy (non-hydrogen) atoms. The number of hydrogen-bond donors (Lipinski definition) is 2. The molecule has 3 nitrogen and oxygen atoms in total. The molecule has 5 rings (SSSR count). The van der Waals surface area contributed by atoms with E-state index in [-0.39, 0.29) is 51.1 Å². The van der Waals surface area contributed by atoms with Crippen LogP contribution < -0.4 is 0 Å². The van der Waals surface area contributed by atoms with Crippen molar-refractivity contribution in [3.05, 3.63) is 0 Å². The Kier molecular flexibility index (Phi) is 5.22. The van der Waals surface area contributed by atoms with Crippen molar-refractivity contribution in [3.8, 4) is 0 Å². The van der Waals surface area contributed by atoms with Crippen LogP contribution in [0, 0.1) is 56.2 Å². The molecule has 0 spiro atoms. The normalized spacial score (nSPS) is 60.9. The van der Waals surface area contributed by atoms with Gasteiger partial charge in [0.15, 0.2) is 0 Å². The second-order valence-corrected chi connectivity index (χ2v) is 15.2. The van der Waals surface area contributed by atoms with Crippen molar-refractivity contribution in [1.82, 2.24) is 0 Å². The van der Waals surface area contributed by atoms with Crippen LogP contribution >= 0.6 is 0 Å². The Morgan fingerprint density at radius 3 is 2.09 bits per heavy atom. The SMILES string of the molecule is CC1C(=O)CCC2C1(C)CCC1C2(C)CCC2(C)C3CC(C)(CO)CCC3(C)C(O)CC12C. The number of ketones is 1. The summed E-state index contributed by atoms with van der Waals surface area (Å²) in [4.78, 5) is 12.7. The lowest BCUT2D eigenvalue weighted by Gasteiger charge is -2.75. The predicted molar refractivity (Wildman–Crippen MR) is 133 cm³/mol. The molecule has 5 aliphatic rings. The van der Waals surface area contributed by atoms with Gasteiger partial charge in [-0.15, -0.1) is 0 Å². The first kappa shape index (κ1) is 24.3. The van der Waals surface area contributed by atoms with E-state index in [0.29, 0.717) is 23.5 Å². The van der Waals surface area contributed by atoms with E-state index in [4.69, 9.17) is 0 Å². The fraction of sp³-hybridized carbons (Fsp3) is 0.967. The molecule has 0 bridgehead atoms. The molecule has 11 unspecified atom stereocenters. The van der Waals surface area contributed by atoms with Gasteiger partial charge in [-0.1, -0.05) is 48.5 Å². The van der Waals surface area contributed by atoms with Crippen molar-refractivity contribution >= 4 is 5.78 Å². The fourth-order valence-corrected chi connectivity index (χ4v) is 11.3. The smallest absolute Gasteiger partial charge is 0.136 e. The molecule has 0 saturated heterocycles. The van der Waals surface area contributed by atoms with E-state index >= 15 is 0 Å². The van der Waals surface area contributed by atoms with Crippen molar-refractivity contribution in [2.75, 3.05) is 6.61 Å². The van der Waals surface area contributed by atoms with Crippen LogP contribution in [0.3, 0.4) is 0 Å². The molecule has 0 heterocycles. The van der Waals surface area contributed by atoms with E-state index < -0.39 is 0 Å². The molecule has 0 radical (unpaired) electrons. The van der Waals surface area contributed by atoms with Crippen LogP contribution in [0.4, 0.5) is 0 Å². The Bertz CT molecular complexity index is 838. The molecule has 0 aromatic rings. The first-order valence-corrected chi connectivity index (χ1v) is 14.0. The van der Waals surface area contributed by atoms with Crippen LogP contribution in [-0.2, 0) is 4.79 Å². The third-order valence-electron chi connectivity index (χ3n) is 14.1. The predicted octanol–water partition coefficient (Wildman–Crippen LogP) is 6.40. The number of carbonyl (C=O) groups is 1. The maximum absolute atomic E-state index is 12.7. The zero-order valence-corrected chi connectivity index (χ0v) is 22.5. The highest BCUT2D eigenvalue weighted by molar-refractivity contribution is 5.82. The second-order valence-electron chi connectivity index (χ2n) is 15.2. The third-order valence-corrected chi connectivity index (χ3v) is 14.1. The summed E-state index contributed by atoms with van der Waals surface area (Å²) in [6.07, 6.45) is 10.4. The summed E-state index contributed by atoms with van der Waals surface area (Å²) in [6, 6.07) is 0. The van der Waals surface area contributed by atoms with Gasteiger partial charge in [-0.05, 0) is 108 Å². The molecule has 3 heteroatoms. The lowest BCUT2D eigenvalue weighted by atomic mass is 9.29. The van der Waals surface area contributed by atoms with Gasteiger partial charge in [-0.3, -0.25) is 4.79 Å². The number of hydrogen-bond acceptors (Lipinski definition) is 3. The summed E-state index contributed by atoms with van der Waals surface area (Å²) >= 11 is 0. The number of fused-ring (bicyclic) bond motifs is 7. The molecule has 11 atom stereocenters. The first-order chi connectivity index (χ1) is 15.2.